The predicted octanol–water partition coefficient (Wildman–Crippen LogP) is 3.57. The highest BCUT2D eigenvalue weighted by atomic mass is 35.5. The molecule has 2 aromatic carbocycles. The number of fused-ring (bicyclic) bond motifs is 2. The first kappa shape index (κ1) is 13.2. The van der Waals surface area contributed by atoms with Crippen LogP contribution in [0.3, 0.4) is 0 Å². The summed E-state index contributed by atoms with van der Waals surface area (Å²) in [6, 6.07) is 14.4. The van der Waals surface area contributed by atoms with Crippen molar-refractivity contribution in [1.29, 1.82) is 0 Å². The highest BCUT2D eigenvalue weighted by Gasteiger charge is 2.22. The van der Waals surface area contributed by atoms with Crippen LogP contribution in [-0.4, -0.2) is 11.7 Å². The van der Waals surface area contributed by atoms with Crippen LogP contribution in [0.4, 0.5) is 0 Å². The Bertz CT molecular complexity index is 694. The second-order valence-corrected chi connectivity index (χ2v) is 5.39. The molecule has 1 aliphatic carbocycles. The van der Waals surface area contributed by atoms with Gasteiger partial charge >= 0.3 is 0 Å². The van der Waals surface area contributed by atoms with Gasteiger partial charge in [0.25, 0.3) is 0 Å². The molecule has 3 rings (SSSR count). The summed E-state index contributed by atoms with van der Waals surface area (Å²) in [5.41, 5.74) is 5.03. The number of hydrogen-bond donors (Lipinski definition) is 1. The van der Waals surface area contributed by atoms with Crippen LogP contribution >= 0.6 is 11.6 Å². The third-order valence-electron chi connectivity index (χ3n) is 3.77. The van der Waals surface area contributed by atoms with E-state index in [1.807, 2.05) is 18.2 Å². The molecule has 1 unspecified atom stereocenters. The summed E-state index contributed by atoms with van der Waals surface area (Å²) in [6.07, 6.45) is 2.02. The largest absolute Gasteiger partial charge is 0.384 e. The number of benzene rings is 2. The lowest BCUT2D eigenvalue weighted by Crippen LogP contribution is -2.02. The minimum atomic E-state index is -0.117. The molecule has 0 aromatic heterocycles. The smallest absolute Gasteiger partial charge is 0.104 e. The molecule has 2 aromatic rings. The van der Waals surface area contributed by atoms with E-state index in [2.05, 4.69) is 36.1 Å². The summed E-state index contributed by atoms with van der Waals surface area (Å²) in [6.45, 7) is -0.117. The first-order valence-electron chi connectivity index (χ1n) is 6.75. The number of aliphatic hydroxyl groups excluding tert-OH is 1. The maximum Gasteiger partial charge on any atom is 0.104 e. The second kappa shape index (κ2) is 5.71. The zero-order valence-electron chi connectivity index (χ0n) is 11.1. The molecule has 0 radical (unpaired) electrons. The fraction of sp³-hybridized carbons (Fsp3) is 0.222. The van der Waals surface area contributed by atoms with Crippen LogP contribution in [0.15, 0.2) is 42.5 Å². The Kier molecular flexibility index (Phi) is 3.78. The third kappa shape index (κ3) is 2.45. The molecule has 0 spiro atoms. The normalized spacial score (nSPS) is 16.4. The van der Waals surface area contributed by atoms with Crippen molar-refractivity contribution < 1.29 is 5.11 Å². The van der Waals surface area contributed by atoms with E-state index in [1.54, 1.807) is 0 Å². The summed E-state index contributed by atoms with van der Waals surface area (Å²) in [7, 11) is 0. The molecule has 0 amide bonds. The molecule has 20 heavy (non-hydrogen) atoms. The maximum atomic E-state index is 9.02. The van der Waals surface area contributed by atoms with Gasteiger partial charge in [-0.05, 0) is 47.2 Å². The van der Waals surface area contributed by atoms with E-state index in [4.69, 9.17) is 16.7 Å². The van der Waals surface area contributed by atoms with E-state index >= 15 is 0 Å². The highest BCUT2D eigenvalue weighted by molar-refractivity contribution is 6.30. The molecule has 0 heterocycles. The van der Waals surface area contributed by atoms with Gasteiger partial charge in [-0.1, -0.05) is 53.8 Å². The van der Waals surface area contributed by atoms with Gasteiger partial charge < -0.3 is 5.11 Å². The SMILES string of the molecule is OCC#CC1c2ccccc2CCc2ccc(Cl)cc21. The summed E-state index contributed by atoms with van der Waals surface area (Å²) in [5.74, 6) is 6.00. The van der Waals surface area contributed by atoms with Gasteiger partial charge in [-0.2, -0.15) is 0 Å². The zero-order valence-corrected chi connectivity index (χ0v) is 11.8. The Hall–Kier alpha value is -1.75. The van der Waals surface area contributed by atoms with Crippen LogP contribution in [0.2, 0.25) is 5.02 Å². The standard InChI is InChI=1S/C18H15ClO/c19-15-10-9-14-8-7-13-4-1-2-5-16(13)17(6-3-11-20)18(14)12-15/h1-2,4-5,9-10,12,17,20H,7-8,11H2. The molecule has 0 saturated heterocycles. The summed E-state index contributed by atoms with van der Waals surface area (Å²) in [4.78, 5) is 0. The molecular weight excluding hydrogens is 268 g/mol. The average Bonchev–Trinajstić information content (AvgIpc) is 2.62. The average molecular weight is 283 g/mol. The van der Waals surface area contributed by atoms with Gasteiger partial charge in [-0.15, -0.1) is 0 Å². The van der Waals surface area contributed by atoms with Gasteiger partial charge in [0.1, 0.15) is 6.61 Å². The highest BCUT2D eigenvalue weighted by Crippen LogP contribution is 2.35. The van der Waals surface area contributed by atoms with Crippen LogP contribution in [0.5, 0.6) is 0 Å². The molecule has 2 heteroatoms. The summed E-state index contributed by atoms with van der Waals surface area (Å²) >= 11 is 6.16. The fourth-order valence-corrected chi connectivity index (χ4v) is 3.03. The molecule has 1 nitrogen and oxygen atoms in total. The van der Waals surface area contributed by atoms with E-state index in [0.717, 1.165) is 17.9 Å². The molecule has 1 N–H and O–H groups in total. The monoisotopic (exact) mass is 282 g/mol. The van der Waals surface area contributed by atoms with E-state index in [9.17, 15) is 0 Å². The van der Waals surface area contributed by atoms with Crippen molar-refractivity contribution in [3.8, 4) is 11.8 Å². The van der Waals surface area contributed by atoms with E-state index in [1.165, 1.54) is 22.3 Å². The lowest BCUT2D eigenvalue weighted by atomic mass is 9.88. The van der Waals surface area contributed by atoms with E-state index < -0.39 is 0 Å². The van der Waals surface area contributed by atoms with Gasteiger partial charge in [-0.3, -0.25) is 0 Å². The lowest BCUT2D eigenvalue weighted by Gasteiger charge is -2.15. The number of halogens is 1. The Labute approximate surface area is 124 Å². The molecular formula is C18H15ClO. The number of rotatable bonds is 0. The van der Waals surface area contributed by atoms with Crippen molar-refractivity contribution in [1.82, 2.24) is 0 Å². The van der Waals surface area contributed by atoms with Crippen LogP contribution in [0.25, 0.3) is 0 Å². The second-order valence-electron chi connectivity index (χ2n) is 4.95. The molecule has 1 aliphatic rings. The Morgan fingerprint density at radius 3 is 2.60 bits per heavy atom. The molecule has 1 atom stereocenters. The van der Waals surface area contributed by atoms with Gasteiger partial charge in [0.15, 0.2) is 0 Å². The maximum absolute atomic E-state index is 9.02. The zero-order chi connectivity index (χ0) is 13.9. The first-order valence-corrected chi connectivity index (χ1v) is 7.13. The van der Waals surface area contributed by atoms with Crippen molar-refractivity contribution in [2.75, 3.05) is 6.61 Å². The van der Waals surface area contributed by atoms with Gasteiger partial charge in [0, 0.05) is 5.02 Å². The van der Waals surface area contributed by atoms with Crippen molar-refractivity contribution in [3.63, 3.8) is 0 Å². The van der Waals surface area contributed by atoms with Crippen molar-refractivity contribution in [2.24, 2.45) is 0 Å². The number of hydrogen-bond acceptors (Lipinski definition) is 1. The fourth-order valence-electron chi connectivity index (χ4n) is 2.85. The molecule has 0 saturated carbocycles. The minimum Gasteiger partial charge on any atom is -0.384 e. The third-order valence-corrected chi connectivity index (χ3v) is 4.01. The van der Waals surface area contributed by atoms with E-state index in [0.29, 0.717) is 0 Å². The van der Waals surface area contributed by atoms with Crippen LogP contribution in [0.1, 0.15) is 28.2 Å². The Morgan fingerprint density at radius 1 is 1.05 bits per heavy atom. The van der Waals surface area contributed by atoms with Crippen molar-refractivity contribution in [3.05, 3.63) is 69.7 Å². The van der Waals surface area contributed by atoms with Gasteiger partial charge in [-0.25, -0.2) is 0 Å². The minimum absolute atomic E-state index is 0.00505. The molecule has 0 aliphatic heterocycles. The Morgan fingerprint density at radius 2 is 1.80 bits per heavy atom. The Balaban J connectivity index is 2.21. The predicted molar refractivity (Wildman–Crippen MR) is 82.0 cm³/mol. The van der Waals surface area contributed by atoms with Crippen molar-refractivity contribution >= 4 is 11.6 Å². The van der Waals surface area contributed by atoms with Crippen LogP contribution in [0, 0.1) is 11.8 Å². The topological polar surface area (TPSA) is 20.2 Å². The molecule has 0 fully saturated rings. The number of aryl methyl sites for hydroxylation is 2. The van der Waals surface area contributed by atoms with E-state index in [-0.39, 0.29) is 12.5 Å². The first-order chi connectivity index (χ1) is 9.79. The van der Waals surface area contributed by atoms with Crippen LogP contribution < -0.4 is 0 Å². The molecule has 100 valence electrons. The lowest BCUT2D eigenvalue weighted by molar-refractivity contribution is 0.350. The van der Waals surface area contributed by atoms with Gasteiger partial charge in [0.2, 0.25) is 0 Å². The van der Waals surface area contributed by atoms with Gasteiger partial charge in [0.05, 0.1) is 5.92 Å². The quantitative estimate of drug-likeness (QED) is 0.733. The van der Waals surface area contributed by atoms with Crippen molar-refractivity contribution in [2.45, 2.75) is 18.8 Å². The molecule has 0 bridgehead atoms. The summed E-state index contributed by atoms with van der Waals surface area (Å²) in [5, 5.41) is 9.75. The summed E-state index contributed by atoms with van der Waals surface area (Å²) < 4.78 is 0. The number of aliphatic hydroxyl groups is 1. The van der Waals surface area contributed by atoms with Crippen LogP contribution in [-0.2, 0) is 12.8 Å².